The van der Waals surface area contributed by atoms with Gasteiger partial charge in [0.15, 0.2) is 0 Å². The lowest BCUT2D eigenvalue weighted by molar-refractivity contribution is 0.214. The van der Waals surface area contributed by atoms with Gasteiger partial charge in [0.2, 0.25) is 0 Å². The minimum atomic E-state index is 0.778. The smallest absolute Gasteiger partial charge is 0.00954 e. The third-order valence-corrected chi connectivity index (χ3v) is 5.51. The summed E-state index contributed by atoms with van der Waals surface area (Å²) < 4.78 is 0. The van der Waals surface area contributed by atoms with Crippen molar-refractivity contribution in [2.75, 3.05) is 6.54 Å². The van der Waals surface area contributed by atoms with E-state index < -0.39 is 0 Å². The van der Waals surface area contributed by atoms with Gasteiger partial charge in [0.05, 0.1) is 0 Å². The van der Waals surface area contributed by atoms with E-state index in [-0.39, 0.29) is 0 Å². The van der Waals surface area contributed by atoms with E-state index in [2.05, 4.69) is 19.2 Å². The predicted molar refractivity (Wildman–Crippen MR) is 68.4 cm³/mol. The van der Waals surface area contributed by atoms with Gasteiger partial charge in [-0.05, 0) is 61.7 Å². The molecule has 3 rings (SSSR count). The molecule has 1 nitrogen and oxygen atoms in total. The Bertz CT molecular complexity index is 252. The van der Waals surface area contributed by atoms with Gasteiger partial charge in [-0.2, -0.15) is 0 Å². The van der Waals surface area contributed by atoms with Crippen LogP contribution in [-0.2, 0) is 0 Å². The Balaban J connectivity index is 1.50. The number of nitrogens with one attached hydrogen (secondary N) is 1. The molecule has 1 heteroatoms. The first-order chi connectivity index (χ1) is 7.70. The minimum absolute atomic E-state index is 0.778. The molecule has 0 aromatic heterocycles. The van der Waals surface area contributed by atoms with Crippen LogP contribution in [0, 0.1) is 23.2 Å². The normalized spacial score (nSPS) is 42.0. The quantitative estimate of drug-likeness (QED) is 0.765. The molecule has 0 aromatic carbocycles. The summed E-state index contributed by atoms with van der Waals surface area (Å²) in [4.78, 5) is 0. The third kappa shape index (κ3) is 2.16. The average molecular weight is 221 g/mol. The second-order valence-electron chi connectivity index (χ2n) is 7.02. The summed E-state index contributed by atoms with van der Waals surface area (Å²) >= 11 is 0. The fraction of sp³-hybridized carbons (Fsp3) is 1.00. The molecule has 92 valence electrons. The highest BCUT2D eigenvalue weighted by molar-refractivity contribution is 5.05. The van der Waals surface area contributed by atoms with Gasteiger partial charge in [0, 0.05) is 12.6 Å². The molecule has 0 aromatic rings. The highest BCUT2D eigenvalue weighted by Crippen LogP contribution is 2.60. The first kappa shape index (κ1) is 11.1. The standard InChI is InChI=1S/C15H27N/c1-11-3-4-12(2)14(9-11)16-10-15(7-8-15)13-5-6-13/h11-14,16H,3-10H2,1-2H3. The fourth-order valence-corrected chi connectivity index (χ4v) is 3.74. The van der Waals surface area contributed by atoms with Crippen LogP contribution in [-0.4, -0.2) is 12.6 Å². The maximum absolute atomic E-state index is 3.93. The number of hydrogen-bond donors (Lipinski definition) is 1. The van der Waals surface area contributed by atoms with Crippen LogP contribution >= 0.6 is 0 Å². The SMILES string of the molecule is CC1CCC(C)C(NCC2(C3CC3)CC2)C1. The van der Waals surface area contributed by atoms with Gasteiger partial charge >= 0.3 is 0 Å². The summed E-state index contributed by atoms with van der Waals surface area (Å²) in [5.74, 6) is 2.97. The Kier molecular flexibility index (Phi) is 2.78. The topological polar surface area (TPSA) is 12.0 Å². The molecule has 3 fully saturated rings. The van der Waals surface area contributed by atoms with Crippen LogP contribution in [0.1, 0.15) is 58.8 Å². The van der Waals surface area contributed by atoms with E-state index in [9.17, 15) is 0 Å². The van der Waals surface area contributed by atoms with E-state index in [1.54, 1.807) is 0 Å². The summed E-state index contributed by atoms with van der Waals surface area (Å²) in [5, 5.41) is 3.93. The predicted octanol–water partition coefficient (Wildman–Crippen LogP) is 3.59. The first-order valence-corrected chi connectivity index (χ1v) is 7.43. The maximum atomic E-state index is 3.93. The van der Waals surface area contributed by atoms with E-state index in [1.165, 1.54) is 51.5 Å². The number of rotatable bonds is 4. The lowest BCUT2D eigenvalue weighted by Crippen LogP contribution is -2.42. The molecule has 3 aliphatic rings. The summed E-state index contributed by atoms with van der Waals surface area (Å²) in [5.41, 5.74) is 0.778. The van der Waals surface area contributed by atoms with Crippen LogP contribution in [0.2, 0.25) is 0 Å². The molecule has 0 spiro atoms. The van der Waals surface area contributed by atoms with Crippen molar-refractivity contribution < 1.29 is 0 Å². The Morgan fingerprint density at radius 2 is 1.81 bits per heavy atom. The molecule has 3 saturated carbocycles. The second kappa shape index (κ2) is 4.01. The Labute approximate surface area is 100 Å². The Morgan fingerprint density at radius 3 is 2.44 bits per heavy atom. The Hall–Kier alpha value is -0.0400. The van der Waals surface area contributed by atoms with E-state index in [0.717, 1.165) is 29.2 Å². The second-order valence-corrected chi connectivity index (χ2v) is 7.02. The van der Waals surface area contributed by atoms with Gasteiger partial charge in [0.25, 0.3) is 0 Å². The maximum Gasteiger partial charge on any atom is 0.00954 e. The van der Waals surface area contributed by atoms with Crippen molar-refractivity contribution in [2.24, 2.45) is 23.2 Å². The molecular weight excluding hydrogens is 194 g/mol. The average Bonchev–Trinajstić information content (AvgIpc) is 3.13. The molecule has 16 heavy (non-hydrogen) atoms. The van der Waals surface area contributed by atoms with Crippen LogP contribution < -0.4 is 5.32 Å². The lowest BCUT2D eigenvalue weighted by Gasteiger charge is -2.34. The van der Waals surface area contributed by atoms with Crippen molar-refractivity contribution in [2.45, 2.75) is 64.8 Å². The van der Waals surface area contributed by atoms with Crippen molar-refractivity contribution in [1.82, 2.24) is 5.32 Å². The van der Waals surface area contributed by atoms with Crippen molar-refractivity contribution in [3.63, 3.8) is 0 Å². The molecule has 3 atom stereocenters. The van der Waals surface area contributed by atoms with Crippen LogP contribution in [0.3, 0.4) is 0 Å². The van der Waals surface area contributed by atoms with Crippen molar-refractivity contribution in [3.8, 4) is 0 Å². The van der Waals surface area contributed by atoms with E-state index in [0.29, 0.717) is 0 Å². The van der Waals surface area contributed by atoms with Crippen LogP contribution in [0.4, 0.5) is 0 Å². The molecule has 1 N–H and O–H groups in total. The van der Waals surface area contributed by atoms with Gasteiger partial charge in [0.1, 0.15) is 0 Å². The van der Waals surface area contributed by atoms with Crippen LogP contribution in [0.25, 0.3) is 0 Å². The number of hydrogen-bond acceptors (Lipinski definition) is 1. The summed E-state index contributed by atoms with van der Waals surface area (Å²) in [7, 11) is 0. The molecule has 3 aliphatic carbocycles. The molecule has 0 saturated heterocycles. The zero-order valence-electron chi connectivity index (χ0n) is 11.0. The zero-order valence-corrected chi connectivity index (χ0v) is 11.0. The minimum Gasteiger partial charge on any atom is -0.313 e. The van der Waals surface area contributed by atoms with Crippen molar-refractivity contribution >= 4 is 0 Å². The van der Waals surface area contributed by atoms with Crippen LogP contribution in [0.15, 0.2) is 0 Å². The fourth-order valence-electron chi connectivity index (χ4n) is 3.74. The van der Waals surface area contributed by atoms with E-state index in [1.807, 2.05) is 0 Å². The Morgan fingerprint density at radius 1 is 1.06 bits per heavy atom. The molecule has 0 radical (unpaired) electrons. The first-order valence-electron chi connectivity index (χ1n) is 7.43. The molecule has 0 amide bonds. The molecular formula is C15H27N. The van der Waals surface area contributed by atoms with Gasteiger partial charge in [-0.3, -0.25) is 0 Å². The van der Waals surface area contributed by atoms with Crippen molar-refractivity contribution in [3.05, 3.63) is 0 Å². The summed E-state index contributed by atoms with van der Waals surface area (Å²) in [6.07, 6.45) is 10.4. The zero-order chi connectivity index (χ0) is 11.2. The summed E-state index contributed by atoms with van der Waals surface area (Å²) in [6.45, 7) is 6.20. The van der Waals surface area contributed by atoms with E-state index >= 15 is 0 Å². The van der Waals surface area contributed by atoms with Crippen molar-refractivity contribution in [1.29, 1.82) is 0 Å². The van der Waals surface area contributed by atoms with Gasteiger partial charge in [-0.25, -0.2) is 0 Å². The third-order valence-electron chi connectivity index (χ3n) is 5.51. The molecule has 0 aliphatic heterocycles. The van der Waals surface area contributed by atoms with Gasteiger partial charge in [-0.15, -0.1) is 0 Å². The largest absolute Gasteiger partial charge is 0.313 e. The monoisotopic (exact) mass is 221 g/mol. The molecule has 3 unspecified atom stereocenters. The van der Waals surface area contributed by atoms with Crippen LogP contribution in [0.5, 0.6) is 0 Å². The van der Waals surface area contributed by atoms with Gasteiger partial charge < -0.3 is 5.32 Å². The highest BCUT2D eigenvalue weighted by Gasteiger charge is 2.53. The molecule has 0 bridgehead atoms. The van der Waals surface area contributed by atoms with Gasteiger partial charge in [-0.1, -0.05) is 20.3 Å². The summed E-state index contributed by atoms with van der Waals surface area (Å²) in [6, 6.07) is 0.819. The highest BCUT2D eigenvalue weighted by atomic mass is 15.0. The van der Waals surface area contributed by atoms with E-state index in [4.69, 9.17) is 0 Å². The lowest BCUT2D eigenvalue weighted by atomic mass is 9.80. The molecule has 0 heterocycles.